The van der Waals surface area contributed by atoms with Gasteiger partial charge in [-0.2, -0.15) is 0 Å². The van der Waals surface area contributed by atoms with E-state index in [1.54, 1.807) is 31.1 Å². The molecule has 1 fully saturated rings. The van der Waals surface area contributed by atoms with Gasteiger partial charge in [-0.05, 0) is 20.0 Å². The summed E-state index contributed by atoms with van der Waals surface area (Å²) in [5, 5.41) is 3.78. The Balaban J connectivity index is 1.36. The topological polar surface area (TPSA) is 104 Å². The Morgan fingerprint density at radius 1 is 1.19 bits per heavy atom. The number of nitrogens with zero attached hydrogens (tertiary/aromatic N) is 8. The monoisotopic (exact) mass is 433 g/mol. The molecule has 0 radical (unpaired) electrons. The van der Waals surface area contributed by atoms with Crippen molar-refractivity contribution in [3.05, 3.63) is 49.0 Å². The fourth-order valence-corrected chi connectivity index (χ4v) is 3.61. The van der Waals surface area contributed by atoms with E-state index in [9.17, 15) is 4.79 Å². The lowest BCUT2D eigenvalue weighted by Gasteiger charge is -2.33. The van der Waals surface area contributed by atoms with Crippen molar-refractivity contribution in [1.29, 1.82) is 0 Å². The Bertz CT molecular complexity index is 1110. The molecule has 1 N–H and O–H groups in total. The zero-order chi connectivity index (χ0) is 22.3. The van der Waals surface area contributed by atoms with Gasteiger partial charge in [0.05, 0.1) is 17.3 Å². The molecule has 0 atom stereocenters. The van der Waals surface area contributed by atoms with E-state index < -0.39 is 0 Å². The Morgan fingerprint density at radius 3 is 2.78 bits per heavy atom. The maximum absolute atomic E-state index is 12.5. The first kappa shape index (κ1) is 21.6. The molecule has 10 nitrogen and oxygen atoms in total. The van der Waals surface area contributed by atoms with Crippen LogP contribution in [0.5, 0.6) is 0 Å². The van der Waals surface area contributed by atoms with Crippen molar-refractivity contribution in [2.24, 2.45) is 4.99 Å². The van der Waals surface area contributed by atoms with E-state index in [0.717, 1.165) is 54.3 Å². The lowest BCUT2D eigenvalue weighted by Crippen LogP contribution is -2.44. The third-order valence-corrected chi connectivity index (χ3v) is 5.42. The standard InChI is InChI=1S/C22H27N9O/c1-3-17(19-13-23-5-6-25-19)12-24-15-26-20(32)14-31-7-4-18-21(27-16-28-22(18)31)30-10-8-29(2)9-11-30/h3-7,12-13,16H,8-11,14-15H2,1-2H3,(H,26,32)/b17-3+,24-12-. The molecule has 3 aromatic rings. The first-order chi connectivity index (χ1) is 15.7. The lowest BCUT2D eigenvalue weighted by atomic mass is 10.2. The van der Waals surface area contributed by atoms with Crippen LogP contribution in [0.2, 0.25) is 0 Å². The Labute approximate surface area is 186 Å². The van der Waals surface area contributed by atoms with E-state index in [2.05, 4.69) is 47.1 Å². The van der Waals surface area contributed by atoms with Crippen LogP contribution in [-0.4, -0.2) is 81.4 Å². The molecule has 166 valence electrons. The zero-order valence-electron chi connectivity index (χ0n) is 18.3. The van der Waals surface area contributed by atoms with Crippen molar-refractivity contribution in [2.75, 3.05) is 44.8 Å². The van der Waals surface area contributed by atoms with Crippen LogP contribution in [0.15, 0.2) is 48.2 Å². The lowest BCUT2D eigenvalue weighted by molar-refractivity contribution is -0.121. The van der Waals surface area contributed by atoms with Crippen LogP contribution in [0.3, 0.4) is 0 Å². The Hall–Kier alpha value is -3.66. The maximum atomic E-state index is 12.5. The number of hydrogen-bond acceptors (Lipinski definition) is 8. The minimum Gasteiger partial charge on any atom is -0.353 e. The van der Waals surface area contributed by atoms with E-state index in [1.807, 2.05) is 29.8 Å². The summed E-state index contributed by atoms with van der Waals surface area (Å²) < 4.78 is 1.84. The maximum Gasteiger partial charge on any atom is 0.241 e. The summed E-state index contributed by atoms with van der Waals surface area (Å²) in [5.41, 5.74) is 2.34. The van der Waals surface area contributed by atoms with Crippen molar-refractivity contribution in [3.8, 4) is 0 Å². The van der Waals surface area contributed by atoms with Gasteiger partial charge in [0.2, 0.25) is 5.91 Å². The molecular weight excluding hydrogens is 406 g/mol. The summed E-state index contributed by atoms with van der Waals surface area (Å²) in [4.78, 5) is 38.6. The number of carbonyl (C=O) groups is 1. The minimum atomic E-state index is -0.138. The molecule has 1 saturated heterocycles. The predicted molar refractivity (Wildman–Crippen MR) is 124 cm³/mol. The van der Waals surface area contributed by atoms with Crippen molar-refractivity contribution in [2.45, 2.75) is 13.5 Å². The molecule has 32 heavy (non-hydrogen) atoms. The highest BCUT2D eigenvalue weighted by Gasteiger charge is 2.19. The van der Waals surface area contributed by atoms with Crippen LogP contribution in [0, 0.1) is 0 Å². The number of nitrogens with one attached hydrogen (secondary N) is 1. The molecule has 4 heterocycles. The van der Waals surface area contributed by atoms with Crippen molar-refractivity contribution >= 4 is 34.5 Å². The molecular formula is C22H27N9O. The average Bonchev–Trinajstić information content (AvgIpc) is 3.23. The Kier molecular flexibility index (Phi) is 6.81. The predicted octanol–water partition coefficient (Wildman–Crippen LogP) is 1.22. The first-order valence-corrected chi connectivity index (χ1v) is 10.6. The molecule has 1 amide bonds. The van der Waals surface area contributed by atoms with Crippen molar-refractivity contribution in [1.82, 2.24) is 34.7 Å². The van der Waals surface area contributed by atoms with Gasteiger partial charge in [0.1, 0.15) is 31.0 Å². The highest BCUT2D eigenvalue weighted by Crippen LogP contribution is 2.24. The normalized spacial score (nSPS) is 15.6. The van der Waals surface area contributed by atoms with Crippen LogP contribution in [0.25, 0.3) is 16.6 Å². The quantitative estimate of drug-likeness (QED) is 0.559. The number of fused-ring (bicyclic) bond motifs is 1. The molecule has 0 saturated carbocycles. The highest BCUT2D eigenvalue weighted by atomic mass is 16.2. The fraction of sp³-hybridized carbons (Fsp3) is 0.364. The van der Waals surface area contributed by atoms with E-state index >= 15 is 0 Å². The number of anilines is 1. The van der Waals surface area contributed by atoms with Crippen LogP contribution in [0.4, 0.5) is 5.82 Å². The van der Waals surface area contributed by atoms with Gasteiger partial charge in [0.25, 0.3) is 0 Å². The van der Waals surface area contributed by atoms with E-state index in [1.165, 1.54) is 0 Å². The summed E-state index contributed by atoms with van der Waals surface area (Å²) in [6.07, 6.45) is 12.0. The molecule has 0 spiro atoms. The molecule has 0 unspecified atom stereocenters. The van der Waals surface area contributed by atoms with Gasteiger partial charge in [-0.15, -0.1) is 0 Å². The van der Waals surface area contributed by atoms with Crippen LogP contribution in [-0.2, 0) is 11.3 Å². The van der Waals surface area contributed by atoms with Crippen molar-refractivity contribution in [3.63, 3.8) is 0 Å². The number of allylic oxidation sites excluding steroid dienone is 2. The summed E-state index contributed by atoms with van der Waals surface area (Å²) in [5.74, 6) is 0.788. The minimum absolute atomic E-state index is 0.138. The first-order valence-electron chi connectivity index (χ1n) is 10.6. The summed E-state index contributed by atoms with van der Waals surface area (Å²) in [7, 11) is 2.13. The molecule has 0 aromatic carbocycles. The third kappa shape index (κ3) is 4.97. The van der Waals surface area contributed by atoms with Crippen molar-refractivity contribution < 1.29 is 4.79 Å². The van der Waals surface area contributed by atoms with Gasteiger partial charge in [-0.1, -0.05) is 6.08 Å². The second-order valence-electron chi connectivity index (χ2n) is 7.57. The van der Waals surface area contributed by atoms with Gasteiger partial charge in [0, 0.05) is 56.6 Å². The number of aliphatic imine (C=N–C) groups is 1. The van der Waals surface area contributed by atoms with Gasteiger partial charge >= 0.3 is 0 Å². The fourth-order valence-electron chi connectivity index (χ4n) is 3.61. The number of rotatable bonds is 7. The van der Waals surface area contributed by atoms with Crippen LogP contribution < -0.4 is 10.2 Å². The summed E-state index contributed by atoms with van der Waals surface area (Å²) in [6.45, 7) is 6.10. The SMILES string of the molecule is C/C=C(\C=N/CNC(=O)Cn1ccc2c(N3CCN(C)CC3)ncnc21)c1cnccn1. The molecule has 0 aliphatic carbocycles. The summed E-state index contributed by atoms with van der Waals surface area (Å²) >= 11 is 0. The van der Waals surface area contributed by atoms with E-state index in [4.69, 9.17) is 0 Å². The second kappa shape index (κ2) is 10.1. The molecule has 4 rings (SSSR count). The summed E-state index contributed by atoms with van der Waals surface area (Å²) in [6, 6.07) is 1.98. The number of piperazine rings is 1. The number of carbonyl (C=O) groups excluding carboxylic acids is 1. The number of hydrogen-bond donors (Lipinski definition) is 1. The number of amides is 1. The molecule has 10 heteroatoms. The third-order valence-electron chi connectivity index (χ3n) is 5.42. The van der Waals surface area contributed by atoms with Gasteiger partial charge < -0.3 is 19.7 Å². The molecule has 1 aliphatic heterocycles. The number of likely N-dealkylation sites (N-methyl/N-ethyl adjacent to an activating group) is 1. The number of aromatic nitrogens is 5. The van der Waals surface area contributed by atoms with E-state index in [-0.39, 0.29) is 19.1 Å². The molecule has 3 aromatic heterocycles. The highest BCUT2D eigenvalue weighted by molar-refractivity contribution is 6.08. The van der Waals surface area contributed by atoms with Gasteiger partial charge in [0.15, 0.2) is 0 Å². The largest absolute Gasteiger partial charge is 0.353 e. The molecule has 0 bridgehead atoms. The Morgan fingerprint density at radius 2 is 2.03 bits per heavy atom. The van der Waals surface area contributed by atoms with Gasteiger partial charge in [-0.25, -0.2) is 9.97 Å². The second-order valence-corrected chi connectivity index (χ2v) is 7.57. The smallest absolute Gasteiger partial charge is 0.241 e. The average molecular weight is 434 g/mol. The van der Waals surface area contributed by atoms with Gasteiger partial charge in [-0.3, -0.25) is 19.8 Å². The zero-order valence-corrected chi connectivity index (χ0v) is 18.3. The van der Waals surface area contributed by atoms with Crippen LogP contribution in [0.1, 0.15) is 12.6 Å². The van der Waals surface area contributed by atoms with Crippen LogP contribution >= 0.6 is 0 Å². The van der Waals surface area contributed by atoms with E-state index in [0.29, 0.717) is 0 Å². The molecule has 1 aliphatic rings.